The summed E-state index contributed by atoms with van der Waals surface area (Å²) in [6.45, 7) is 1.62. The maximum absolute atomic E-state index is 12.1. The van der Waals surface area contributed by atoms with Crippen molar-refractivity contribution in [3.8, 4) is 5.75 Å². The first-order valence-corrected chi connectivity index (χ1v) is 9.51. The predicted molar refractivity (Wildman–Crippen MR) is 113 cm³/mol. The number of ether oxygens (including phenoxy) is 2. The van der Waals surface area contributed by atoms with E-state index in [1.807, 2.05) is 43.3 Å². The molecule has 3 rings (SSSR count). The van der Waals surface area contributed by atoms with Gasteiger partial charge >= 0.3 is 5.97 Å². The number of hydrogen-bond acceptors (Lipinski definition) is 5. The molecular weight excluding hydrogens is 384 g/mol. The second kappa shape index (κ2) is 10.1. The van der Waals surface area contributed by atoms with Crippen molar-refractivity contribution in [2.75, 3.05) is 25.1 Å². The Morgan fingerprint density at radius 3 is 2.40 bits per heavy atom. The smallest absolute Gasteiger partial charge is 0.325 e. The summed E-state index contributed by atoms with van der Waals surface area (Å²) in [5, 5.41) is 7.07. The lowest BCUT2D eigenvalue weighted by molar-refractivity contribution is -0.146. The number of carbonyl (C=O) groups is 3. The summed E-state index contributed by atoms with van der Waals surface area (Å²) < 4.78 is 10.3. The molecule has 0 aliphatic heterocycles. The van der Waals surface area contributed by atoms with Crippen LogP contribution in [0, 0.1) is 0 Å². The molecule has 0 radical (unpaired) electrons. The first-order chi connectivity index (χ1) is 14.6. The molecule has 0 saturated heterocycles. The molecule has 2 N–H and O–H groups in total. The van der Waals surface area contributed by atoms with Gasteiger partial charge in [0.1, 0.15) is 12.3 Å². The van der Waals surface area contributed by atoms with Crippen molar-refractivity contribution in [3.63, 3.8) is 0 Å². The molecule has 0 aliphatic carbocycles. The molecule has 154 valence electrons. The SMILES string of the molecule is CCOc1ccc(C(=O)NCC(=O)OCC(=O)Nc2cccc3ccccc23)cc1. The molecule has 30 heavy (non-hydrogen) atoms. The van der Waals surface area contributed by atoms with Gasteiger partial charge in [0.25, 0.3) is 11.8 Å². The first kappa shape index (κ1) is 20.9. The topological polar surface area (TPSA) is 93.7 Å². The summed E-state index contributed by atoms with van der Waals surface area (Å²) >= 11 is 0. The third kappa shape index (κ3) is 5.57. The van der Waals surface area contributed by atoms with E-state index in [1.165, 1.54) is 0 Å². The van der Waals surface area contributed by atoms with Gasteiger partial charge in [-0.25, -0.2) is 0 Å². The molecule has 0 aromatic heterocycles. The van der Waals surface area contributed by atoms with Crippen molar-refractivity contribution in [3.05, 3.63) is 72.3 Å². The fourth-order valence-electron chi connectivity index (χ4n) is 2.84. The number of nitrogens with one attached hydrogen (secondary N) is 2. The zero-order valence-corrected chi connectivity index (χ0v) is 16.5. The van der Waals surface area contributed by atoms with Crippen molar-refractivity contribution < 1.29 is 23.9 Å². The molecule has 0 saturated carbocycles. The lowest BCUT2D eigenvalue weighted by Crippen LogP contribution is -2.32. The predicted octanol–water partition coefficient (Wildman–Crippen LogP) is 3.15. The highest BCUT2D eigenvalue weighted by atomic mass is 16.5. The van der Waals surface area contributed by atoms with Crippen LogP contribution >= 0.6 is 0 Å². The van der Waals surface area contributed by atoms with Crippen LogP contribution in [-0.4, -0.2) is 37.5 Å². The van der Waals surface area contributed by atoms with E-state index in [0.717, 1.165) is 10.8 Å². The van der Waals surface area contributed by atoms with Crippen LogP contribution in [0.5, 0.6) is 5.75 Å². The molecular formula is C23H22N2O5. The minimum absolute atomic E-state index is 0.340. The van der Waals surface area contributed by atoms with Crippen LogP contribution in [0.4, 0.5) is 5.69 Å². The highest BCUT2D eigenvalue weighted by Crippen LogP contribution is 2.22. The third-order valence-electron chi connectivity index (χ3n) is 4.25. The van der Waals surface area contributed by atoms with Crippen molar-refractivity contribution in [2.24, 2.45) is 0 Å². The van der Waals surface area contributed by atoms with Gasteiger partial charge in [-0.3, -0.25) is 14.4 Å². The van der Waals surface area contributed by atoms with Crippen molar-refractivity contribution in [2.45, 2.75) is 6.92 Å². The minimum Gasteiger partial charge on any atom is -0.494 e. The normalized spacial score (nSPS) is 10.3. The van der Waals surface area contributed by atoms with Gasteiger partial charge in [-0.1, -0.05) is 36.4 Å². The first-order valence-electron chi connectivity index (χ1n) is 9.51. The number of amides is 2. The molecule has 0 unspecified atom stereocenters. The van der Waals surface area contributed by atoms with Crippen LogP contribution in [0.1, 0.15) is 17.3 Å². The fourth-order valence-corrected chi connectivity index (χ4v) is 2.84. The van der Waals surface area contributed by atoms with Gasteiger partial charge in [0, 0.05) is 16.6 Å². The summed E-state index contributed by atoms with van der Waals surface area (Å²) in [4.78, 5) is 36.1. The Morgan fingerprint density at radius 1 is 0.900 bits per heavy atom. The van der Waals surface area contributed by atoms with Crippen molar-refractivity contribution in [1.29, 1.82) is 0 Å². The van der Waals surface area contributed by atoms with Crippen LogP contribution in [0.2, 0.25) is 0 Å². The van der Waals surface area contributed by atoms with Gasteiger partial charge in [-0.05, 0) is 42.6 Å². The lowest BCUT2D eigenvalue weighted by atomic mass is 10.1. The number of esters is 1. The summed E-state index contributed by atoms with van der Waals surface area (Å²) in [6.07, 6.45) is 0. The average molecular weight is 406 g/mol. The van der Waals surface area contributed by atoms with E-state index < -0.39 is 24.4 Å². The summed E-state index contributed by atoms with van der Waals surface area (Å²) in [5.41, 5.74) is 1.03. The summed E-state index contributed by atoms with van der Waals surface area (Å²) in [5.74, 6) is -0.930. The van der Waals surface area contributed by atoms with Gasteiger partial charge in [0.15, 0.2) is 6.61 Å². The quantitative estimate of drug-likeness (QED) is 0.561. The highest BCUT2D eigenvalue weighted by Gasteiger charge is 2.12. The van der Waals surface area contributed by atoms with Gasteiger partial charge in [0.05, 0.1) is 6.61 Å². The lowest BCUT2D eigenvalue weighted by Gasteiger charge is -2.10. The Balaban J connectivity index is 1.45. The Hall–Kier alpha value is -3.87. The van der Waals surface area contributed by atoms with Crippen LogP contribution in [0.25, 0.3) is 10.8 Å². The largest absolute Gasteiger partial charge is 0.494 e. The molecule has 7 nitrogen and oxygen atoms in total. The molecule has 0 fully saturated rings. The molecule has 0 bridgehead atoms. The molecule has 0 aliphatic rings. The number of carbonyl (C=O) groups excluding carboxylic acids is 3. The third-order valence-corrected chi connectivity index (χ3v) is 4.25. The molecule has 0 spiro atoms. The van der Waals surface area contributed by atoms with Crippen LogP contribution in [0.15, 0.2) is 66.7 Å². The van der Waals surface area contributed by atoms with Gasteiger partial charge in [-0.2, -0.15) is 0 Å². The van der Waals surface area contributed by atoms with E-state index in [0.29, 0.717) is 23.6 Å². The van der Waals surface area contributed by atoms with Crippen molar-refractivity contribution in [1.82, 2.24) is 5.32 Å². The number of benzene rings is 3. The minimum atomic E-state index is -0.706. The Morgan fingerprint density at radius 2 is 1.63 bits per heavy atom. The monoisotopic (exact) mass is 406 g/mol. The Labute approximate surface area is 174 Å². The zero-order valence-electron chi connectivity index (χ0n) is 16.5. The molecule has 0 atom stereocenters. The van der Waals surface area contributed by atoms with Crippen LogP contribution < -0.4 is 15.4 Å². The van der Waals surface area contributed by atoms with E-state index >= 15 is 0 Å². The van der Waals surface area contributed by atoms with Gasteiger partial charge in [0.2, 0.25) is 0 Å². The Kier molecular flexibility index (Phi) is 7.00. The van der Waals surface area contributed by atoms with E-state index in [-0.39, 0.29) is 6.54 Å². The number of rotatable bonds is 8. The highest BCUT2D eigenvalue weighted by molar-refractivity contribution is 6.03. The molecule has 7 heteroatoms. The summed E-state index contributed by atoms with van der Waals surface area (Å²) in [6, 6.07) is 19.7. The molecule has 3 aromatic rings. The van der Waals surface area contributed by atoms with Crippen LogP contribution in [-0.2, 0) is 14.3 Å². The molecule has 3 aromatic carbocycles. The van der Waals surface area contributed by atoms with E-state index in [4.69, 9.17) is 9.47 Å². The summed E-state index contributed by atoms with van der Waals surface area (Å²) in [7, 11) is 0. The second-order valence-electron chi connectivity index (χ2n) is 6.38. The maximum atomic E-state index is 12.1. The van der Waals surface area contributed by atoms with Gasteiger partial charge in [-0.15, -0.1) is 0 Å². The maximum Gasteiger partial charge on any atom is 0.325 e. The average Bonchev–Trinajstić information content (AvgIpc) is 2.77. The standard InChI is InChI=1S/C23H22N2O5/c1-2-29-18-12-10-17(11-13-18)23(28)24-14-22(27)30-15-21(26)25-20-9-5-7-16-6-3-4-8-19(16)20/h3-13H,2,14-15H2,1H3,(H,24,28)(H,25,26). The van der Waals surface area contributed by atoms with Crippen LogP contribution in [0.3, 0.4) is 0 Å². The van der Waals surface area contributed by atoms with E-state index in [9.17, 15) is 14.4 Å². The zero-order chi connectivity index (χ0) is 21.3. The van der Waals surface area contributed by atoms with E-state index in [2.05, 4.69) is 10.6 Å². The number of hydrogen-bond donors (Lipinski definition) is 2. The van der Waals surface area contributed by atoms with Crippen molar-refractivity contribution >= 4 is 34.2 Å². The second-order valence-corrected chi connectivity index (χ2v) is 6.38. The fraction of sp³-hybridized carbons (Fsp3) is 0.174. The van der Waals surface area contributed by atoms with Gasteiger partial charge < -0.3 is 20.1 Å². The Bertz CT molecular complexity index is 1040. The molecule has 0 heterocycles. The number of anilines is 1. The molecule has 2 amide bonds. The van der Waals surface area contributed by atoms with E-state index in [1.54, 1.807) is 30.3 Å². The number of fused-ring (bicyclic) bond motifs is 1.